The normalized spacial score (nSPS) is 29.2. The molecule has 0 aromatic heterocycles. The van der Waals surface area contributed by atoms with Gasteiger partial charge in [-0.25, -0.2) is 0 Å². The summed E-state index contributed by atoms with van der Waals surface area (Å²) < 4.78 is 11.0. The monoisotopic (exact) mass is 420 g/mol. The molecule has 3 rings (SSSR count). The van der Waals surface area contributed by atoms with E-state index in [9.17, 15) is 35.7 Å². The van der Waals surface area contributed by atoms with Gasteiger partial charge in [-0.3, -0.25) is 0 Å². The predicted octanol–water partition coefficient (Wildman–Crippen LogP) is 0.543. The van der Waals surface area contributed by atoms with E-state index in [1.807, 2.05) is 0 Å². The van der Waals surface area contributed by atoms with E-state index in [1.165, 1.54) is 31.2 Å². The molecule has 30 heavy (non-hydrogen) atoms. The Morgan fingerprint density at radius 1 is 1.03 bits per heavy atom. The molecule has 1 aliphatic heterocycles. The standard InChI is InChI=1S/C21H24O9/c1-21(28)16(10-22)29-20(17(26)19(21)27)30-18-12(8-14(24)9-15(18)25)5-2-11-3-6-13(23)7-4-11/h2-9,16-17,19-20,22-28H,10H2,1H3/b5-2+/t16-,17-,19-,20-,21-/m0/s1. The molecule has 0 saturated carbocycles. The van der Waals surface area contributed by atoms with Crippen LogP contribution in [0.3, 0.4) is 0 Å². The third-order valence-electron chi connectivity index (χ3n) is 4.98. The fraction of sp³-hybridized carbons (Fsp3) is 0.333. The van der Waals surface area contributed by atoms with Crippen LogP contribution in [0.2, 0.25) is 0 Å². The number of aromatic hydroxyl groups is 3. The summed E-state index contributed by atoms with van der Waals surface area (Å²) in [5.74, 6) is -0.755. The first-order chi connectivity index (χ1) is 14.1. The number of phenolic OH excluding ortho intramolecular Hbond substituents is 3. The van der Waals surface area contributed by atoms with E-state index in [1.54, 1.807) is 18.2 Å². The van der Waals surface area contributed by atoms with Crippen molar-refractivity contribution in [2.24, 2.45) is 0 Å². The molecule has 9 nitrogen and oxygen atoms in total. The number of phenols is 3. The van der Waals surface area contributed by atoms with Crippen molar-refractivity contribution in [3.05, 3.63) is 47.5 Å². The highest BCUT2D eigenvalue weighted by Crippen LogP contribution is 2.39. The van der Waals surface area contributed by atoms with Gasteiger partial charge in [-0.2, -0.15) is 0 Å². The Bertz CT molecular complexity index is 903. The minimum Gasteiger partial charge on any atom is -0.508 e. The van der Waals surface area contributed by atoms with Crippen LogP contribution in [0.15, 0.2) is 36.4 Å². The van der Waals surface area contributed by atoms with Crippen LogP contribution < -0.4 is 4.74 Å². The molecule has 1 aliphatic rings. The molecule has 1 heterocycles. The molecule has 162 valence electrons. The van der Waals surface area contributed by atoms with E-state index in [0.717, 1.165) is 6.07 Å². The lowest BCUT2D eigenvalue weighted by molar-refractivity contribution is -0.308. The molecule has 1 fully saturated rings. The van der Waals surface area contributed by atoms with Crippen molar-refractivity contribution in [3.63, 3.8) is 0 Å². The van der Waals surface area contributed by atoms with Crippen LogP contribution in [0, 0.1) is 0 Å². The van der Waals surface area contributed by atoms with Crippen molar-refractivity contribution in [1.29, 1.82) is 0 Å². The molecule has 9 heteroatoms. The zero-order chi connectivity index (χ0) is 22.1. The Morgan fingerprint density at radius 3 is 2.33 bits per heavy atom. The summed E-state index contributed by atoms with van der Waals surface area (Å²) in [6, 6.07) is 8.60. The topological polar surface area (TPSA) is 160 Å². The fourth-order valence-electron chi connectivity index (χ4n) is 3.15. The predicted molar refractivity (Wildman–Crippen MR) is 106 cm³/mol. The van der Waals surface area contributed by atoms with Crippen LogP contribution in [-0.4, -0.2) is 72.6 Å². The number of aliphatic hydroxyl groups is 4. The number of rotatable bonds is 5. The maximum Gasteiger partial charge on any atom is 0.229 e. The Labute approximate surface area is 172 Å². The van der Waals surface area contributed by atoms with Gasteiger partial charge in [-0.05, 0) is 30.7 Å². The summed E-state index contributed by atoms with van der Waals surface area (Å²) in [5.41, 5.74) is -0.988. The van der Waals surface area contributed by atoms with E-state index < -0.39 is 42.6 Å². The third-order valence-corrected chi connectivity index (χ3v) is 4.98. The molecule has 0 unspecified atom stereocenters. The third kappa shape index (κ3) is 4.35. The van der Waals surface area contributed by atoms with Crippen LogP contribution in [0.1, 0.15) is 18.1 Å². The number of aliphatic hydroxyl groups excluding tert-OH is 3. The first-order valence-electron chi connectivity index (χ1n) is 9.18. The van der Waals surface area contributed by atoms with Crippen molar-refractivity contribution in [2.75, 3.05) is 6.61 Å². The highest BCUT2D eigenvalue weighted by atomic mass is 16.7. The van der Waals surface area contributed by atoms with Gasteiger partial charge in [-0.1, -0.05) is 24.3 Å². The minimum atomic E-state index is -1.92. The van der Waals surface area contributed by atoms with E-state index >= 15 is 0 Å². The summed E-state index contributed by atoms with van der Waals surface area (Å²) in [6.45, 7) is 0.563. The summed E-state index contributed by atoms with van der Waals surface area (Å²) >= 11 is 0. The van der Waals surface area contributed by atoms with Crippen LogP contribution in [0.5, 0.6) is 23.0 Å². The largest absolute Gasteiger partial charge is 0.508 e. The smallest absolute Gasteiger partial charge is 0.229 e. The highest BCUT2D eigenvalue weighted by Gasteiger charge is 2.52. The highest BCUT2D eigenvalue weighted by molar-refractivity contribution is 5.75. The molecule has 2 aromatic rings. The number of hydrogen-bond donors (Lipinski definition) is 7. The zero-order valence-electron chi connectivity index (χ0n) is 16.1. The lowest BCUT2D eigenvalue weighted by Crippen LogP contribution is -2.66. The average molecular weight is 420 g/mol. The molecule has 0 aliphatic carbocycles. The molecule has 5 atom stereocenters. The van der Waals surface area contributed by atoms with Crippen LogP contribution in [0.4, 0.5) is 0 Å². The van der Waals surface area contributed by atoms with E-state index in [4.69, 9.17) is 9.47 Å². The van der Waals surface area contributed by atoms with Gasteiger partial charge < -0.3 is 45.2 Å². The van der Waals surface area contributed by atoms with Crippen LogP contribution >= 0.6 is 0 Å². The number of benzene rings is 2. The van der Waals surface area contributed by atoms with Crippen molar-refractivity contribution in [1.82, 2.24) is 0 Å². The minimum absolute atomic E-state index is 0.0995. The maximum atomic E-state index is 10.3. The molecule has 7 N–H and O–H groups in total. The SMILES string of the molecule is C[C@]1(O)[C@H](CO)O[C@@H](Oc2c(O)cc(O)cc2/C=C/c2ccc(O)cc2)[C@@H](O)[C@@H]1O. The Balaban J connectivity index is 1.91. The maximum absolute atomic E-state index is 10.3. The molecule has 0 radical (unpaired) electrons. The van der Waals surface area contributed by atoms with Crippen molar-refractivity contribution in [2.45, 2.75) is 37.1 Å². The molecule has 0 spiro atoms. The first-order valence-corrected chi connectivity index (χ1v) is 9.18. The summed E-state index contributed by atoms with van der Waals surface area (Å²) in [5, 5.41) is 69.7. The lowest BCUT2D eigenvalue weighted by atomic mass is 9.86. The second-order valence-electron chi connectivity index (χ2n) is 7.26. The van der Waals surface area contributed by atoms with Gasteiger partial charge in [0.1, 0.15) is 35.4 Å². The van der Waals surface area contributed by atoms with Crippen LogP contribution in [-0.2, 0) is 4.74 Å². The van der Waals surface area contributed by atoms with Gasteiger partial charge in [0.2, 0.25) is 6.29 Å². The van der Waals surface area contributed by atoms with Crippen molar-refractivity contribution >= 4 is 12.2 Å². The average Bonchev–Trinajstić information content (AvgIpc) is 2.69. The van der Waals surface area contributed by atoms with Gasteiger partial charge in [0.05, 0.1) is 6.61 Å². The van der Waals surface area contributed by atoms with Crippen molar-refractivity contribution in [3.8, 4) is 23.0 Å². The Morgan fingerprint density at radius 2 is 1.70 bits per heavy atom. The molecular formula is C21H24O9. The molecule has 1 saturated heterocycles. The van der Waals surface area contributed by atoms with Gasteiger partial charge >= 0.3 is 0 Å². The van der Waals surface area contributed by atoms with Gasteiger partial charge in [-0.15, -0.1) is 0 Å². The Kier molecular flexibility index (Phi) is 6.20. The van der Waals surface area contributed by atoms with E-state index in [2.05, 4.69) is 0 Å². The molecular weight excluding hydrogens is 396 g/mol. The second-order valence-corrected chi connectivity index (χ2v) is 7.26. The van der Waals surface area contributed by atoms with Crippen LogP contribution in [0.25, 0.3) is 12.2 Å². The lowest BCUT2D eigenvalue weighted by Gasteiger charge is -2.45. The van der Waals surface area contributed by atoms with Crippen molar-refractivity contribution < 1.29 is 45.2 Å². The van der Waals surface area contributed by atoms with Gasteiger partial charge in [0, 0.05) is 11.6 Å². The first kappa shape index (κ1) is 21.9. The molecule has 0 bridgehead atoms. The fourth-order valence-corrected chi connectivity index (χ4v) is 3.15. The molecule has 2 aromatic carbocycles. The molecule has 0 amide bonds. The zero-order valence-corrected chi connectivity index (χ0v) is 16.1. The van der Waals surface area contributed by atoms with E-state index in [-0.39, 0.29) is 22.8 Å². The van der Waals surface area contributed by atoms with E-state index in [0.29, 0.717) is 5.56 Å². The van der Waals surface area contributed by atoms with Gasteiger partial charge in [0.15, 0.2) is 11.5 Å². The van der Waals surface area contributed by atoms with Gasteiger partial charge in [0.25, 0.3) is 0 Å². The summed E-state index contributed by atoms with van der Waals surface area (Å²) in [7, 11) is 0. The quantitative estimate of drug-likeness (QED) is 0.343. The number of hydrogen-bond acceptors (Lipinski definition) is 9. The summed E-state index contributed by atoms with van der Waals surface area (Å²) in [4.78, 5) is 0. The second kappa shape index (κ2) is 8.50. The number of ether oxygens (including phenoxy) is 2. The summed E-state index contributed by atoms with van der Waals surface area (Å²) in [6.07, 6.45) is -3.00. The Hall–Kier alpha value is -2.82.